The van der Waals surface area contributed by atoms with Crippen molar-refractivity contribution in [3.05, 3.63) is 70.7 Å². The number of aryl methyl sites for hydroxylation is 1. The zero-order chi connectivity index (χ0) is 23.4. The van der Waals surface area contributed by atoms with E-state index in [1.807, 2.05) is 0 Å². The first-order valence-corrected chi connectivity index (χ1v) is 13.1. The number of nitrogens with zero attached hydrogens (tertiary/aromatic N) is 2. The van der Waals surface area contributed by atoms with Crippen molar-refractivity contribution in [1.82, 2.24) is 9.29 Å². The van der Waals surface area contributed by atoms with Gasteiger partial charge in [0.1, 0.15) is 5.75 Å². The van der Waals surface area contributed by atoms with E-state index in [9.17, 15) is 13.2 Å². The maximum Gasteiger partial charge on any atom is 0.243 e. The molecule has 1 aliphatic heterocycles. The molecule has 1 N–H and O–H groups in total. The molecule has 1 aliphatic rings. The number of rotatable bonds is 7. The molecule has 0 atom stereocenters. The van der Waals surface area contributed by atoms with Gasteiger partial charge in [-0.2, -0.15) is 4.31 Å². The Bertz CT molecular complexity index is 1200. The van der Waals surface area contributed by atoms with Gasteiger partial charge in [-0.25, -0.2) is 13.4 Å². The maximum atomic E-state index is 12.9. The summed E-state index contributed by atoms with van der Waals surface area (Å²) >= 11 is 1.47. The molecule has 1 saturated heterocycles. The first kappa shape index (κ1) is 23.4. The lowest BCUT2D eigenvalue weighted by atomic mass is 9.97. The number of ether oxygens (including phenoxy) is 1. The smallest absolute Gasteiger partial charge is 0.243 e. The first-order chi connectivity index (χ1) is 15.8. The topological polar surface area (TPSA) is 88.6 Å². The Morgan fingerprint density at radius 1 is 1.12 bits per heavy atom. The lowest BCUT2D eigenvalue weighted by molar-refractivity contribution is -0.120. The molecule has 0 spiro atoms. The van der Waals surface area contributed by atoms with Crippen LogP contribution in [0.15, 0.2) is 59.6 Å². The van der Waals surface area contributed by atoms with Gasteiger partial charge in [0.25, 0.3) is 0 Å². The van der Waals surface area contributed by atoms with Gasteiger partial charge in [0.2, 0.25) is 15.9 Å². The summed E-state index contributed by atoms with van der Waals surface area (Å²) in [6.07, 6.45) is 3.52. The quantitative estimate of drug-likeness (QED) is 0.545. The number of nitrogens with one attached hydrogen (secondary N) is 1. The molecule has 33 heavy (non-hydrogen) atoms. The van der Waals surface area contributed by atoms with Crippen LogP contribution in [0.2, 0.25) is 0 Å². The number of aromatic nitrogens is 1. The van der Waals surface area contributed by atoms with Crippen LogP contribution in [0.3, 0.4) is 0 Å². The van der Waals surface area contributed by atoms with Crippen LogP contribution in [0, 0.1) is 12.8 Å². The zero-order valence-corrected chi connectivity index (χ0v) is 20.3. The fraction of sp³-hybridized carbons (Fsp3) is 0.333. The van der Waals surface area contributed by atoms with Gasteiger partial charge in [0.05, 0.1) is 12.0 Å². The summed E-state index contributed by atoms with van der Waals surface area (Å²) < 4.78 is 32.3. The number of thiazole rings is 1. The third-order valence-corrected chi connectivity index (χ3v) is 8.63. The molecule has 174 valence electrons. The fourth-order valence-corrected chi connectivity index (χ4v) is 6.14. The summed E-state index contributed by atoms with van der Waals surface area (Å²) in [5, 5.41) is 3.49. The molecule has 1 fully saturated rings. The second-order valence-corrected chi connectivity index (χ2v) is 11.2. The molecule has 9 heteroatoms. The average molecular weight is 486 g/mol. The van der Waals surface area contributed by atoms with Crippen LogP contribution in [0.5, 0.6) is 5.75 Å². The number of benzene rings is 2. The standard InChI is InChI=1S/C24H27N3O4S2/c1-17-3-5-18(6-4-17)15-21-16-25-24(32-21)26-23(28)19-11-13-27(14-12-19)33(29,30)22-9-7-20(31-2)8-10-22/h3-10,16,19H,11-15H2,1-2H3,(H,25,26,28). The van der Waals surface area contributed by atoms with Crippen LogP contribution in [0.4, 0.5) is 5.13 Å². The molecule has 0 bridgehead atoms. The summed E-state index contributed by atoms with van der Waals surface area (Å²) in [6, 6.07) is 14.7. The third-order valence-electron chi connectivity index (χ3n) is 5.80. The van der Waals surface area contributed by atoms with Crippen molar-refractivity contribution in [2.75, 3.05) is 25.5 Å². The largest absolute Gasteiger partial charge is 0.497 e. The highest BCUT2D eigenvalue weighted by Gasteiger charge is 2.32. The van der Waals surface area contributed by atoms with Crippen LogP contribution in [0.1, 0.15) is 28.8 Å². The normalized spacial score (nSPS) is 15.3. The van der Waals surface area contributed by atoms with E-state index in [-0.39, 0.29) is 16.7 Å². The van der Waals surface area contributed by atoms with E-state index >= 15 is 0 Å². The first-order valence-electron chi connectivity index (χ1n) is 10.8. The van der Waals surface area contributed by atoms with Crippen LogP contribution in [-0.2, 0) is 21.2 Å². The van der Waals surface area contributed by atoms with Gasteiger partial charge < -0.3 is 10.1 Å². The number of carbonyl (C=O) groups excluding carboxylic acids is 1. The van der Waals surface area contributed by atoms with E-state index in [2.05, 4.69) is 41.5 Å². The summed E-state index contributed by atoms with van der Waals surface area (Å²) in [5.41, 5.74) is 2.42. The van der Waals surface area contributed by atoms with Crippen LogP contribution in [-0.4, -0.2) is 43.8 Å². The summed E-state index contributed by atoms with van der Waals surface area (Å²) in [6.45, 7) is 2.68. The molecule has 0 aliphatic carbocycles. The molecule has 0 radical (unpaired) electrons. The molecule has 0 saturated carbocycles. The van der Waals surface area contributed by atoms with E-state index in [1.54, 1.807) is 30.5 Å². The Kier molecular flexibility index (Phi) is 7.11. The van der Waals surface area contributed by atoms with Gasteiger partial charge in [0.15, 0.2) is 5.13 Å². The van der Waals surface area contributed by atoms with Gasteiger partial charge in [-0.1, -0.05) is 29.8 Å². The number of amides is 1. The number of piperidine rings is 1. The van der Waals surface area contributed by atoms with Crippen molar-refractivity contribution >= 4 is 32.4 Å². The SMILES string of the molecule is COc1ccc(S(=O)(=O)N2CCC(C(=O)Nc3ncc(Cc4ccc(C)cc4)s3)CC2)cc1. The number of hydrogen-bond acceptors (Lipinski definition) is 6. The predicted molar refractivity (Wildman–Crippen MR) is 129 cm³/mol. The lowest BCUT2D eigenvalue weighted by Gasteiger charge is -2.30. The van der Waals surface area contributed by atoms with E-state index in [0.717, 1.165) is 11.3 Å². The minimum absolute atomic E-state index is 0.104. The van der Waals surface area contributed by atoms with Gasteiger partial charge >= 0.3 is 0 Å². The Labute approximate surface area is 198 Å². The zero-order valence-electron chi connectivity index (χ0n) is 18.7. The molecule has 4 rings (SSSR count). The number of sulfonamides is 1. The monoisotopic (exact) mass is 485 g/mol. The van der Waals surface area contributed by atoms with Crippen molar-refractivity contribution in [3.8, 4) is 5.75 Å². The number of carbonyl (C=O) groups is 1. The Hall–Kier alpha value is -2.75. The molecule has 2 aromatic carbocycles. The van der Waals surface area contributed by atoms with Crippen molar-refractivity contribution in [1.29, 1.82) is 0 Å². The molecule has 7 nitrogen and oxygen atoms in total. The summed E-state index contributed by atoms with van der Waals surface area (Å²) in [4.78, 5) is 18.4. The van der Waals surface area contributed by atoms with Crippen molar-refractivity contribution in [2.45, 2.75) is 31.1 Å². The third kappa shape index (κ3) is 5.61. The van der Waals surface area contributed by atoms with Gasteiger partial charge in [-0.3, -0.25) is 4.79 Å². The molecular weight excluding hydrogens is 458 g/mol. The predicted octanol–water partition coefficient (Wildman–Crippen LogP) is 4.09. The minimum atomic E-state index is -3.59. The number of anilines is 1. The van der Waals surface area contributed by atoms with E-state index in [4.69, 9.17) is 4.74 Å². The summed E-state index contributed by atoms with van der Waals surface area (Å²) in [7, 11) is -2.05. The van der Waals surface area contributed by atoms with Crippen LogP contribution < -0.4 is 10.1 Å². The Balaban J connectivity index is 1.31. The molecule has 0 unspecified atom stereocenters. The van der Waals surface area contributed by atoms with E-state index < -0.39 is 10.0 Å². The molecule has 3 aromatic rings. The average Bonchev–Trinajstić information content (AvgIpc) is 3.27. The number of hydrogen-bond donors (Lipinski definition) is 1. The molecule has 1 amide bonds. The highest BCUT2D eigenvalue weighted by atomic mass is 32.2. The van der Waals surface area contributed by atoms with Gasteiger partial charge in [-0.05, 0) is 49.6 Å². The van der Waals surface area contributed by atoms with Crippen molar-refractivity contribution in [2.24, 2.45) is 5.92 Å². The number of methoxy groups -OCH3 is 1. The fourth-order valence-electron chi connectivity index (χ4n) is 3.82. The second kappa shape index (κ2) is 10.0. The van der Waals surface area contributed by atoms with Gasteiger partial charge in [-0.15, -0.1) is 11.3 Å². The van der Waals surface area contributed by atoms with Crippen LogP contribution in [0.25, 0.3) is 0 Å². The second-order valence-electron chi connectivity index (χ2n) is 8.14. The Morgan fingerprint density at radius 2 is 1.79 bits per heavy atom. The van der Waals surface area contributed by atoms with Gasteiger partial charge in [0, 0.05) is 36.5 Å². The Morgan fingerprint density at radius 3 is 2.42 bits per heavy atom. The maximum absolute atomic E-state index is 12.9. The van der Waals surface area contributed by atoms with Crippen molar-refractivity contribution in [3.63, 3.8) is 0 Å². The molecule has 1 aromatic heterocycles. The highest BCUT2D eigenvalue weighted by molar-refractivity contribution is 7.89. The molecule has 2 heterocycles. The molecular formula is C24H27N3O4S2. The lowest BCUT2D eigenvalue weighted by Crippen LogP contribution is -2.41. The van der Waals surface area contributed by atoms with E-state index in [1.165, 1.54) is 33.9 Å². The van der Waals surface area contributed by atoms with Crippen LogP contribution >= 0.6 is 11.3 Å². The van der Waals surface area contributed by atoms with Crippen molar-refractivity contribution < 1.29 is 17.9 Å². The van der Waals surface area contributed by atoms with E-state index in [0.29, 0.717) is 36.8 Å². The summed E-state index contributed by atoms with van der Waals surface area (Å²) in [5.74, 6) is 0.262. The minimum Gasteiger partial charge on any atom is -0.497 e. The highest BCUT2D eigenvalue weighted by Crippen LogP contribution is 2.27.